The van der Waals surface area contributed by atoms with Gasteiger partial charge in [-0.05, 0) is 73.1 Å². The molecule has 0 aliphatic heterocycles. The lowest BCUT2D eigenvalue weighted by Crippen LogP contribution is -1.97. The van der Waals surface area contributed by atoms with E-state index in [0.717, 1.165) is 50.2 Å². The Hall–Kier alpha value is -7.10. The van der Waals surface area contributed by atoms with Gasteiger partial charge in [0, 0.05) is 16.5 Å². The van der Waals surface area contributed by atoms with Gasteiger partial charge in [0.1, 0.15) is 11.3 Å². The molecule has 3 heteroatoms. The predicted octanol–water partition coefficient (Wildman–Crippen LogP) is 13.5. The molecular formula is C50H32N2O. The van der Waals surface area contributed by atoms with E-state index in [1.807, 2.05) is 36.4 Å². The van der Waals surface area contributed by atoms with E-state index in [0.29, 0.717) is 11.6 Å². The van der Waals surface area contributed by atoms with Crippen molar-refractivity contribution in [3.8, 4) is 67.5 Å². The molecule has 0 aliphatic rings. The summed E-state index contributed by atoms with van der Waals surface area (Å²) in [5.41, 5.74) is 11.4. The average Bonchev–Trinajstić information content (AvgIpc) is 3.68. The van der Waals surface area contributed by atoms with Crippen molar-refractivity contribution in [3.63, 3.8) is 0 Å². The molecule has 0 saturated heterocycles. The Bertz CT molecular complexity index is 2840. The number of rotatable bonds is 6. The smallest absolute Gasteiger partial charge is 0.161 e. The molecule has 10 rings (SSSR count). The molecule has 0 aliphatic carbocycles. The fraction of sp³-hybridized carbons (Fsp3) is 0. The minimum absolute atomic E-state index is 0.648. The van der Waals surface area contributed by atoms with Crippen LogP contribution in [0.25, 0.3) is 100.0 Å². The van der Waals surface area contributed by atoms with E-state index in [9.17, 15) is 0 Å². The SMILES string of the molecule is c1ccc(-c2ccccc2-c2nc(-c3ccc(-c4c5ccccc5c(-c5ccccc5)c5ccccc45)cc3)cc(-c3cc4ccccc4o3)n2)cc1. The van der Waals surface area contributed by atoms with Crippen LogP contribution < -0.4 is 0 Å². The molecule has 0 amide bonds. The molecule has 8 aromatic carbocycles. The second-order valence-corrected chi connectivity index (χ2v) is 13.3. The van der Waals surface area contributed by atoms with Crippen molar-refractivity contribution >= 4 is 32.5 Å². The molecule has 2 heterocycles. The molecule has 0 atom stereocenters. The van der Waals surface area contributed by atoms with Crippen LogP contribution in [0.5, 0.6) is 0 Å². The van der Waals surface area contributed by atoms with E-state index in [1.165, 1.54) is 38.2 Å². The Kier molecular flexibility index (Phi) is 7.47. The average molecular weight is 677 g/mol. The first-order valence-corrected chi connectivity index (χ1v) is 17.9. The Morgan fingerprint density at radius 2 is 0.811 bits per heavy atom. The first-order valence-electron chi connectivity index (χ1n) is 17.9. The van der Waals surface area contributed by atoms with Gasteiger partial charge in [0.25, 0.3) is 0 Å². The van der Waals surface area contributed by atoms with Crippen LogP contribution in [0.4, 0.5) is 0 Å². The number of hydrogen-bond acceptors (Lipinski definition) is 3. The number of fused-ring (bicyclic) bond motifs is 3. The Morgan fingerprint density at radius 3 is 1.43 bits per heavy atom. The third-order valence-corrected chi connectivity index (χ3v) is 10.1. The predicted molar refractivity (Wildman–Crippen MR) is 219 cm³/mol. The van der Waals surface area contributed by atoms with Crippen molar-refractivity contribution in [2.45, 2.75) is 0 Å². The summed E-state index contributed by atoms with van der Waals surface area (Å²) in [5, 5.41) is 5.98. The van der Waals surface area contributed by atoms with E-state index in [4.69, 9.17) is 14.4 Å². The maximum Gasteiger partial charge on any atom is 0.161 e. The van der Waals surface area contributed by atoms with E-state index in [-0.39, 0.29) is 0 Å². The lowest BCUT2D eigenvalue weighted by molar-refractivity contribution is 0.628. The number of aromatic nitrogens is 2. The molecule has 0 bridgehead atoms. The molecule has 2 aromatic heterocycles. The minimum atomic E-state index is 0.648. The van der Waals surface area contributed by atoms with Crippen LogP contribution in [0.2, 0.25) is 0 Å². The summed E-state index contributed by atoms with van der Waals surface area (Å²) < 4.78 is 6.36. The highest BCUT2D eigenvalue weighted by atomic mass is 16.3. The van der Waals surface area contributed by atoms with Crippen molar-refractivity contribution in [1.82, 2.24) is 9.97 Å². The summed E-state index contributed by atoms with van der Waals surface area (Å²) in [6.07, 6.45) is 0. The van der Waals surface area contributed by atoms with Crippen LogP contribution in [-0.4, -0.2) is 9.97 Å². The molecular weight excluding hydrogens is 645 g/mol. The maximum absolute atomic E-state index is 6.36. The fourth-order valence-corrected chi connectivity index (χ4v) is 7.66. The molecule has 0 N–H and O–H groups in total. The van der Waals surface area contributed by atoms with E-state index >= 15 is 0 Å². The maximum atomic E-state index is 6.36. The van der Waals surface area contributed by atoms with Gasteiger partial charge in [0.2, 0.25) is 0 Å². The van der Waals surface area contributed by atoms with Crippen molar-refractivity contribution < 1.29 is 4.42 Å². The van der Waals surface area contributed by atoms with Crippen molar-refractivity contribution in [2.75, 3.05) is 0 Å². The lowest BCUT2D eigenvalue weighted by Gasteiger charge is -2.18. The Balaban J connectivity index is 1.14. The monoisotopic (exact) mass is 676 g/mol. The van der Waals surface area contributed by atoms with Crippen LogP contribution in [0, 0.1) is 0 Å². The molecule has 248 valence electrons. The highest BCUT2D eigenvalue weighted by molar-refractivity contribution is 6.21. The van der Waals surface area contributed by atoms with Crippen molar-refractivity contribution in [2.24, 2.45) is 0 Å². The first kappa shape index (κ1) is 30.7. The fourth-order valence-electron chi connectivity index (χ4n) is 7.66. The molecule has 0 fully saturated rings. The summed E-state index contributed by atoms with van der Waals surface area (Å²) in [4.78, 5) is 10.4. The Labute approximate surface area is 307 Å². The van der Waals surface area contributed by atoms with Crippen molar-refractivity contribution in [1.29, 1.82) is 0 Å². The molecule has 10 aromatic rings. The second kappa shape index (κ2) is 12.9. The normalized spacial score (nSPS) is 11.4. The topological polar surface area (TPSA) is 38.9 Å². The zero-order valence-corrected chi connectivity index (χ0v) is 28.8. The quantitative estimate of drug-likeness (QED) is 0.165. The molecule has 0 spiro atoms. The van der Waals surface area contributed by atoms with Gasteiger partial charge in [0.05, 0.1) is 5.69 Å². The van der Waals surface area contributed by atoms with Crippen LogP contribution in [0.1, 0.15) is 0 Å². The molecule has 53 heavy (non-hydrogen) atoms. The first-order chi connectivity index (χ1) is 26.3. The number of hydrogen-bond donors (Lipinski definition) is 0. The van der Waals surface area contributed by atoms with Crippen molar-refractivity contribution in [3.05, 3.63) is 194 Å². The number of furan rings is 1. The van der Waals surface area contributed by atoms with Gasteiger partial charge in [-0.3, -0.25) is 0 Å². The summed E-state index contributed by atoms with van der Waals surface area (Å²) in [6.45, 7) is 0. The van der Waals surface area contributed by atoms with Crippen LogP contribution in [0.3, 0.4) is 0 Å². The second-order valence-electron chi connectivity index (χ2n) is 13.3. The number of benzene rings is 8. The van der Waals surface area contributed by atoms with Gasteiger partial charge in [-0.1, -0.05) is 176 Å². The Morgan fingerprint density at radius 1 is 0.340 bits per heavy atom. The summed E-state index contributed by atoms with van der Waals surface area (Å²) >= 11 is 0. The summed E-state index contributed by atoms with van der Waals surface area (Å²) in [5.74, 6) is 1.36. The molecule has 0 saturated carbocycles. The lowest BCUT2D eigenvalue weighted by atomic mass is 9.86. The molecule has 0 radical (unpaired) electrons. The van der Waals surface area contributed by atoms with E-state index in [1.54, 1.807) is 0 Å². The zero-order chi connectivity index (χ0) is 35.1. The number of para-hydroxylation sites is 1. The van der Waals surface area contributed by atoms with Gasteiger partial charge in [-0.15, -0.1) is 0 Å². The molecule has 0 unspecified atom stereocenters. The van der Waals surface area contributed by atoms with Gasteiger partial charge in [-0.25, -0.2) is 9.97 Å². The van der Waals surface area contributed by atoms with Gasteiger partial charge in [-0.2, -0.15) is 0 Å². The van der Waals surface area contributed by atoms with Gasteiger partial charge < -0.3 is 4.42 Å². The highest BCUT2D eigenvalue weighted by Crippen LogP contribution is 2.44. The number of nitrogens with zero attached hydrogens (tertiary/aromatic N) is 2. The van der Waals surface area contributed by atoms with E-state index in [2.05, 4.69) is 158 Å². The standard InChI is InChI=1S/C50H32N2O/c1-3-15-33(16-4-1)38-20-8-13-25-43(38)50-51-44(32-45(52-50)47-31-37-19-7-14-26-46(37)53-47)34-27-29-36(30-28-34)49-41-23-11-9-21-39(41)48(35-17-5-2-6-18-35)40-22-10-12-24-42(40)49/h1-32H. The summed E-state index contributed by atoms with van der Waals surface area (Å²) in [7, 11) is 0. The third-order valence-electron chi connectivity index (χ3n) is 10.1. The van der Waals surface area contributed by atoms with Crippen LogP contribution in [-0.2, 0) is 0 Å². The van der Waals surface area contributed by atoms with E-state index < -0.39 is 0 Å². The largest absolute Gasteiger partial charge is 0.454 e. The van der Waals surface area contributed by atoms with Gasteiger partial charge >= 0.3 is 0 Å². The summed E-state index contributed by atoms with van der Waals surface area (Å²) in [6, 6.07) is 68.0. The van der Waals surface area contributed by atoms with Crippen LogP contribution in [0.15, 0.2) is 199 Å². The highest BCUT2D eigenvalue weighted by Gasteiger charge is 2.19. The zero-order valence-electron chi connectivity index (χ0n) is 28.8. The molecule has 3 nitrogen and oxygen atoms in total. The minimum Gasteiger partial charge on any atom is -0.454 e. The van der Waals surface area contributed by atoms with Gasteiger partial charge in [0.15, 0.2) is 11.6 Å². The van der Waals surface area contributed by atoms with Crippen LogP contribution >= 0.6 is 0 Å². The third kappa shape index (κ3) is 5.47.